The maximum absolute atomic E-state index is 11.7. The Labute approximate surface area is 108 Å². The molecule has 3 amide bonds. The van der Waals surface area contributed by atoms with Gasteiger partial charge >= 0.3 is 6.03 Å². The highest BCUT2D eigenvalue weighted by molar-refractivity contribution is 5.96. The van der Waals surface area contributed by atoms with E-state index in [0.717, 1.165) is 0 Å². The number of methoxy groups -OCH3 is 1. The number of likely N-dealkylation sites (N-methyl/N-ethyl adjacent to an activating group) is 1. The van der Waals surface area contributed by atoms with Crippen LogP contribution in [0, 0.1) is 0 Å². The van der Waals surface area contributed by atoms with Gasteiger partial charge in [0.25, 0.3) is 0 Å². The Morgan fingerprint density at radius 1 is 1.44 bits per heavy atom. The minimum atomic E-state index is -0.482. The van der Waals surface area contributed by atoms with Gasteiger partial charge in [-0.1, -0.05) is 0 Å². The van der Waals surface area contributed by atoms with Gasteiger partial charge in [0.15, 0.2) is 0 Å². The van der Waals surface area contributed by atoms with Gasteiger partial charge in [0.2, 0.25) is 5.91 Å². The Balaban J connectivity index is 4.15. The SMILES string of the molecule is CCNC(=O)NC(=O)C(C)N(C)CC(N)COC. The molecule has 106 valence electrons. The summed E-state index contributed by atoms with van der Waals surface area (Å²) in [6.07, 6.45) is 0. The van der Waals surface area contributed by atoms with E-state index in [9.17, 15) is 9.59 Å². The molecule has 0 saturated carbocycles. The van der Waals surface area contributed by atoms with Crippen LogP contribution in [0.2, 0.25) is 0 Å². The van der Waals surface area contributed by atoms with Crippen molar-refractivity contribution >= 4 is 11.9 Å². The van der Waals surface area contributed by atoms with Crippen molar-refractivity contribution in [2.45, 2.75) is 25.9 Å². The van der Waals surface area contributed by atoms with E-state index in [-0.39, 0.29) is 11.9 Å². The van der Waals surface area contributed by atoms with Gasteiger partial charge in [-0.25, -0.2) is 4.79 Å². The molecule has 2 atom stereocenters. The molecule has 0 saturated heterocycles. The molecule has 0 aromatic rings. The predicted octanol–water partition coefficient (Wildman–Crippen LogP) is -0.874. The summed E-state index contributed by atoms with van der Waals surface area (Å²) in [4.78, 5) is 24.7. The lowest BCUT2D eigenvalue weighted by molar-refractivity contribution is -0.124. The van der Waals surface area contributed by atoms with Crippen LogP contribution >= 0.6 is 0 Å². The highest BCUT2D eigenvalue weighted by Crippen LogP contribution is 1.97. The topological polar surface area (TPSA) is 96.7 Å². The lowest BCUT2D eigenvalue weighted by Gasteiger charge is -2.26. The van der Waals surface area contributed by atoms with Gasteiger partial charge in [-0.2, -0.15) is 0 Å². The zero-order valence-electron chi connectivity index (χ0n) is 11.5. The molecular weight excluding hydrogens is 236 g/mol. The second kappa shape index (κ2) is 8.84. The van der Waals surface area contributed by atoms with Crippen molar-refractivity contribution in [1.29, 1.82) is 0 Å². The van der Waals surface area contributed by atoms with Crippen LogP contribution in [0.25, 0.3) is 0 Å². The van der Waals surface area contributed by atoms with E-state index < -0.39 is 12.1 Å². The maximum atomic E-state index is 11.7. The summed E-state index contributed by atoms with van der Waals surface area (Å²) in [6, 6.07) is -1.08. The lowest BCUT2D eigenvalue weighted by Crippen LogP contribution is -2.51. The standard InChI is InChI=1S/C11H24N4O3/c1-5-13-11(17)14-10(16)8(2)15(3)6-9(12)7-18-4/h8-9H,5-7,12H2,1-4H3,(H2,13,14,16,17). The van der Waals surface area contributed by atoms with Crippen molar-refractivity contribution in [3.63, 3.8) is 0 Å². The van der Waals surface area contributed by atoms with Crippen LogP contribution in [-0.2, 0) is 9.53 Å². The zero-order chi connectivity index (χ0) is 14.1. The number of carbonyl (C=O) groups excluding carboxylic acids is 2. The highest BCUT2D eigenvalue weighted by Gasteiger charge is 2.21. The molecule has 0 aliphatic carbocycles. The van der Waals surface area contributed by atoms with Crippen LogP contribution < -0.4 is 16.4 Å². The number of nitrogens with zero attached hydrogens (tertiary/aromatic N) is 1. The summed E-state index contributed by atoms with van der Waals surface area (Å²) in [7, 11) is 3.35. The molecule has 0 aromatic carbocycles. The zero-order valence-corrected chi connectivity index (χ0v) is 11.5. The van der Waals surface area contributed by atoms with E-state index >= 15 is 0 Å². The molecule has 0 aromatic heterocycles. The van der Waals surface area contributed by atoms with E-state index in [2.05, 4.69) is 10.6 Å². The van der Waals surface area contributed by atoms with Gasteiger partial charge in [0, 0.05) is 26.2 Å². The molecule has 7 heteroatoms. The van der Waals surface area contributed by atoms with E-state index in [1.165, 1.54) is 0 Å². The Hall–Kier alpha value is -1.18. The van der Waals surface area contributed by atoms with Gasteiger partial charge in [-0.05, 0) is 20.9 Å². The molecule has 0 spiro atoms. The normalized spacial score (nSPS) is 14.1. The number of imide groups is 1. The quantitative estimate of drug-likeness (QED) is 0.553. The van der Waals surface area contributed by atoms with Crippen molar-refractivity contribution in [2.75, 3.05) is 33.9 Å². The van der Waals surface area contributed by atoms with E-state index in [0.29, 0.717) is 19.7 Å². The van der Waals surface area contributed by atoms with Crippen LogP contribution in [0.4, 0.5) is 4.79 Å². The number of amides is 3. The van der Waals surface area contributed by atoms with Gasteiger partial charge in [0.05, 0.1) is 12.6 Å². The minimum absolute atomic E-state index is 0.167. The van der Waals surface area contributed by atoms with Crippen molar-refractivity contribution in [2.24, 2.45) is 5.73 Å². The summed E-state index contributed by atoms with van der Waals surface area (Å²) in [5.74, 6) is -0.354. The van der Waals surface area contributed by atoms with Crippen molar-refractivity contribution in [3.05, 3.63) is 0 Å². The molecule has 7 nitrogen and oxygen atoms in total. The summed E-state index contributed by atoms with van der Waals surface area (Å²) < 4.78 is 4.92. The summed E-state index contributed by atoms with van der Waals surface area (Å²) >= 11 is 0. The van der Waals surface area contributed by atoms with Crippen molar-refractivity contribution in [3.8, 4) is 0 Å². The summed E-state index contributed by atoms with van der Waals surface area (Å²) in [6.45, 7) is 4.91. The fraction of sp³-hybridized carbons (Fsp3) is 0.818. The molecule has 2 unspecified atom stereocenters. The number of nitrogens with one attached hydrogen (secondary N) is 2. The van der Waals surface area contributed by atoms with E-state index in [1.54, 1.807) is 32.9 Å². The number of hydrogen-bond acceptors (Lipinski definition) is 5. The first kappa shape index (κ1) is 16.8. The second-order valence-corrected chi connectivity index (χ2v) is 4.18. The van der Waals surface area contributed by atoms with Crippen LogP contribution in [0.5, 0.6) is 0 Å². The van der Waals surface area contributed by atoms with Crippen molar-refractivity contribution < 1.29 is 14.3 Å². The molecule has 0 aliphatic rings. The summed E-state index contributed by atoms with van der Waals surface area (Å²) in [5, 5.41) is 4.76. The third-order valence-electron chi connectivity index (χ3n) is 2.52. The van der Waals surface area contributed by atoms with Gasteiger partial charge in [-0.15, -0.1) is 0 Å². The molecule has 18 heavy (non-hydrogen) atoms. The van der Waals surface area contributed by atoms with E-state index in [4.69, 9.17) is 10.5 Å². The van der Waals surface area contributed by atoms with Crippen LogP contribution in [-0.4, -0.2) is 62.8 Å². The Morgan fingerprint density at radius 3 is 2.56 bits per heavy atom. The number of ether oxygens (including phenoxy) is 1. The predicted molar refractivity (Wildman–Crippen MR) is 69.2 cm³/mol. The van der Waals surface area contributed by atoms with Crippen molar-refractivity contribution in [1.82, 2.24) is 15.5 Å². The molecule has 0 radical (unpaired) electrons. The van der Waals surface area contributed by atoms with E-state index in [1.807, 2.05) is 0 Å². The Bertz CT molecular complexity index is 273. The van der Waals surface area contributed by atoms with Gasteiger partial charge in [-0.3, -0.25) is 15.0 Å². The molecule has 0 rings (SSSR count). The van der Waals surface area contributed by atoms with Gasteiger partial charge in [0.1, 0.15) is 0 Å². The lowest BCUT2D eigenvalue weighted by atomic mass is 10.2. The first-order chi connectivity index (χ1) is 8.42. The molecule has 4 N–H and O–H groups in total. The van der Waals surface area contributed by atoms with Crippen LogP contribution in [0.1, 0.15) is 13.8 Å². The number of urea groups is 1. The Kier molecular flexibility index (Phi) is 8.27. The first-order valence-corrected chi connectivity index (χ1v) is 5.95. The minimum Gasteiger partial charge on any atom is -0.383 e. The van der Waals surface area contributed by atoms with Crippen LogP contribution in [0.15, 0.2) is 0 Å². The number of nitrogens with two attached hydrogens (primary N) is 1. The number of rotatable bonds is 7. The fourth-order valence-corrected chi connectivity index (χ4v) is 1.42. The molecule has 0 heterocycles. The summed E-state index contributed by atoms with van der Waals surface area (Å²) in [5.41, 5.74) is 5.79. The highest BCUT2D eigenvalue weighted by atomic mass is 16.5. The van der Waals surface area contributed by atoms with Gasteiger partial charge < -0.3 is 15.8 Å². The molecule has 0 aliphatic heterocycles. The molecule has 0 bridgehead atoms. The van der Waals surface area contributed by atoms with Crippen LogP contribution in [0.3, 0.4) is 0 Å². The molecule has 0 fully saturated rings. The third kappa shape index (κ3) is 6.53. The second-order valence-electron chi connectivity index (χ2n) is 4.18. The largest absolute Gasteiger partial charge is 0.383 e. The number of carbonyl (C=O) groups is 2. The Morgan fingerprint density at radius 2 is 2.06 bits per heavy atom. The fourth-order valence-electron chi connectivity index (χ4n) is 1.42. The monoisotopic (exact) mass is 260 g/mol. The average molecular weight is 260 g/mol. The maximum Gasteiger partial charge on any atom is 0.321 e. The number of hydrogen-bond donors (Lipinski definition) is 3. The molecular formula is C11H24N4O3. The average Bonchev–Trinajstić information content (AvgIpc) is 2.28. The first-order valence-electron chi connectivity index (χ1n) is 5.95. The smallest absolute Gasteiger partial charge is 0.321 e. The third-order valence-corrected chi connectivity index (χ3v) is 2.52.